The van der Waals surface area contributed by atoms with Gasteiger partial charge in [0.1, 0.15) is 0 Å². The molecule has 2 heteroatoms. The topological polar surface area (TPSA) is 24.9 Å². The number of benzene rings is 1. The molecule has 0 saturated carbocycles. The first-order valence-electron chi connectivity index (χ1n) is 9.35. The normalized spacial score (nSPS) is 14.0. The molecular weight excluding hydrogens is 304 g/mol. The maximum absolute atomic E-state index is 4.73. The minimum atomic E-state index is 0.990. The van der Waals surface area contributed by atoms with Gasteiger partial charge in [0.2, 0.25) is 0 Å². The molecule has 2 aromatic rings. The minimum absolute atomic E-state index is 0.990. The number of aryl methyl sites for hydroxylation is 1. The summed E-state index contributed by atoms with van der Waals surface area (Å²) in [5, 5.41) is 3.27. The second-order valence-corrected chi connectivity index (χ2v) is 6.05. The SMILES string of the molecule is CC.CC/C(CCNC)=C1/c2ccc(C)cc2C=Cc2cccnc21. The lowest BCUT2D eigenvalue weighted by molar-refractivity contribution is 0.769. The molecule has 25 heavy (non-hydrogen) atoms. The van der Waals surface area contributed by atoms with E-state index in [4.69, 9.17) is 4.98 Å². The predicted molar refractivity (Wildman–Crippen MR) is 111 cm³/mol. The van der Waals surface area contributed by atoms with Crippen molar-refractivity contribution in [2.75, 3.05) is 13.6 Å². The molecule has 2 nitrogen and oxygen atoms in total. The fourth-order valence-electron chi connectivity index (χ4n) is 3.23. The van der Waals surface area contributed by atoms with E-state index in [9.17, 15) is 0 Å². The van der Waals surface area contributed by atoms with Crippen LogP contribution in [0.5, 0.6) is 0 Å². The average Bonchev–Trinajstić information content (AvgIpc) is 2.81. The van der Waals surface area contributed by atoms with E-state index in [2.05, 4.69) is 55.6 Å². The molecule has 0 saturated heterocycles. The lowest BCUT2D eigenvalue weighted by atomic mass is 9.89. The van der Waals surface area contributed by atoms with Gasteiger partial charge in [0, 0.05) is 17.3 Å². The Hall–Kier alpha value is -2.19. The van der Waals surface area contributed by atoms with E-state index < -0.39 is 0 Å². The highest BCUT2D eigenvalue weighted by molar-refractivity contribution is 5.93. The van der Waals surface area contributed by atoms with Gasteiger partial charge < -0.3 is 5.32 Å². The Morgan fingerprint density at radius 3 is 2.56 bits per heavy atom. The maximum Gasteiger partial charge on any atom is 0.0780 e. The standard InChI is InChI=1S/C21H24N2.C2H6/c1-4-16(11-13-22-3)20-19-10-7-15(2)14-18(19)9-8-17-6-5-12-23-21(17)20;1-2/h5-10,12,14,22H,4,11,13H2,1-3H3;1-2H3/b20-16+;. The molecule has 1 N–H and O–H groups in total. The van der Waals surface area contributed by atoms with Crippen molar-refractivity contribution < 1.29 is 0 Å². The molecule has 0 unspecified atom stereocenters. The summed E-state index contributed by atoms with van der Waals surface area (Å²) in [5.74, 6) is 0. The number of nitrogens with one attached hydrogen (secondary N) is 1. The van der Waals surface area contributed by atoms with Crippen LogP contribution < -0.4 is 5.32 Å². The van der Waals surface area contributed by atoms with Crippen LogP contribution in [0.25, 0.3) is 17.7 Å². The third-order valence-electron chi connectivity index (χ3n) is 4.45. The number of pyridine rings is 1. The van der Waals surface area contributed by atoms with Crippen LogP contribution in [0.4, 0.5) is 0 Å². The van der Waals surface area contributed by atoms with E-state index in [1.807, 2.05) is 33.2 Å². The van der Waals surface area contributed by atoms with E-state index in [-0.39, 0.29) is 0 Å². The monoisotopic (exact) mass is 334 g/mol. The molecular formula is C23H30N2. The Labute approximate surface area is 152 Å². The lowest BCUT2D eigenvalue weighted by Crippen LogP contribution is -2.10. The second-order valence-electron chi connectivity index (χ2n) is 6.05. The summed E-state index contributed by atoms with van der Waals surface area (Å²) in [6.07, 6.45) is 8.41. The third-order valence-corrected chi connectivity index (χ3v) is 4.45. The molecule has 0 amide bonds. The van der Waals surface area contributed by atoms with Crippen LogP contribution >= 0.6 is 0 Å². The van der Waals surface area contributed by atoms with Gasteiger partial charge in [0.15, 0.2) is 0 Å². The average molecular weight is 335 g/mol. The molecule has 0 fully saturated rings. The molecule has 1 heterocycles. The number of rotatable bonds is 4. The first kappa shape index (κ1) is 19.1. The van der Waals surface area contributed by atoms with Gasteiger partial charge in [0.25, 0.3) is 0 Å². The molecule has 1 aliphatic rings. The fourth-order valence-corrected chi connectivity index (χ4v) is 3.23. The van der Waals surface area contributed by atoms with Crippen molar-refractivity contribution in [2.24, 2.45) is 0 Å². The fraction of sp³-hybridized carbons (Fsp3) is 0.348. The second kappa shape index (κ2) is 9.33. The quantitative estimate of drug-likeness (QED) is 0.660. The zero-order chi connectivity index (χ0) is 18.2. The number of hydrogen-bond acceptors (Lipinski definition) is 2. The van der Waals surface area contributed by atoms with Crippen molar-refractivity contribution in [3.05, 3.63) is 70.0 Å². The number of nitrogens with zero attached hydrogens (tertiary/aromatic N) is 1. The van der Waals surface area contributed by atoms with Crippen molar-refractivity contribution in [2.45, 2.75) is 40.5 Å². The van der Waals surface area contributed by atoms with E-state index in [1.165, 1.54) is 33.4 Å². The van der Waals surface area contributed by atoms with Crippen molar-refractivity contribution >= 4 is 17.7 Å². The molecule has 0 spiro atoms. The molecule has 0 bridgehead atoms. The highest BCUT2D eigenvalue weighted by Gasteiger charge is 2.19. The minimum Gasteiger partial charge on any atom is -0.319 e. The Bertz CT molecular complexity index is 769. The van der Waals surface area contributed by atoms with Gasteiger partial charge in [-0.3, -0.25) is 4.98 Å². The Kier molecular flexibility index (Phi) is 7.15. The highest BCUT2D eigenvalue weighted by Crippen LogP contribution is 2.36. The van der Waals surface area contributed by atoms with Gasteiger partial charge in [-0.1, -0.05) is 68.3 Å². The maximum atomic E-state index is 4.73. The zero-order valence-corrected chi connectivity index (χ0v) is 16.2. The van der Waals surface area contributed by atoms with Gasteiger partial charge in [-0.2, -0.15) is 0 Å². The van der Waals surface area contributed by atoms with Crippen LogP contribution in [0, 0.1) is 6.92 Å². The van der Waals surface area contributed by atoms with Gasteiger partial charge in [-0.15, -0.1) is 0 Å². The largest absolute Gasteiger partial charge is 0.319 e. The van der Waals surface area contributed by atoms with Crippen LogP contribution in [0.3, 0.4) is 0 Å². The summed E-state index contributed by atoms with van der Waals surface area (Å²) in [5.41, 5.74) is 8.98. The van der Waals surface area contributed by atoms with Crippen LogP contribution in [0.15, 0.2) is 42.1 Å². The zero-order valence-electron chi connectivity index (χ0n) is 16.2. The van der Waals surface area contributed by atoms with E-state index in [0.29, 0.717) is 0 Å². The van der Waals surface area contributed by atoms with Crippen molar-refractivity contribution in [3.63, 3.8) is 0 Å². The molecule has 3 rings (SSSR count). The summed E-state index contributed by atoms with van der Waals surface area (Å²) >= 11 is 0. The van der Waals surface area contributed by atoms with E-state index in [1.54, 1.807) is 0 Å². The Balaban J connectivity index is 0.00000109. The molecule has 0 aliphatic heterocycles. The smallest absolute Gasteiger partial charge is 0.0780 e. The van der Waals surface area contributed by atoms with Crippen molar-refractivity contribution in [1.82, 2.24) is 10.3 Å². The molecule has 132 valence electrons. The summed E-state index contributed by atoms with van der Waals surface area (Å²) in [6.45, 7) is 9.38. The van der Waals surface area contributed by atoms with Gasteiger partial charge >= 0.3 is 0 Å². The van der Waals surface area contributed by atoms with Crippen molar-refractivity contribution in [3.8, 4) is 0 Å². The van der Waals surface area contributed by atoms with E-state index in [0.717, 1.165) is 25.1 Å². The first-order chi connectivity index (χ1) is 12.2. The van der Waals surface area contributed by atoms with Gasteiger partial charge in [-0.25, -0.2) is 0 Å². The third kappa shape index (κ3) is 4.26. The summed E-state index contributed by atoms with van der Waals surface area (Å²) in [7, 11) is 2.01. The molecule has 0 atom stereocenters. The van der Waals surface area contributed by atoms with E-state index >= 15 is 0 Å². The van der Waals surface area contributed by atoms with Gasteiger partial charge in [-0.05, 0) is 50.6 Å². The number of hydrogen-bond donors (Lipinski definition) is 1. The predicted octanol–water partition coefficient (Wildman–Crippen LogP) is 5.72. The number of fused-ring (bicyclic) bond motifs is 2. The van der Waals surface area contributed by atoms with Crippen LogP contribution in [-0.2, 0) is 0 Å². The van der Waals surface area contributed by atoms with Crippen LogP contribution in [-0.4, -0.2) is 18.6 Å². The van der Waals surface area contributed by atoms with Gasteiger partial charge in [0.05, 0.1) is 5.69 Å². The molecule has 1 aromatic heterocycles. The first-order valence-corrected chi connectivity index (χ1v) is 9.35. The molecule has 1 aliphatic carbocycles. The summed E-state index contributed by atoms with van der Waals surface area (Å²) < 4.78 is 0. The number of aromatic nitrogens is 1. The molecule has 0 radical (unpaired) electrons. The van der Waals surface area contributed by atoms with Crippen LogP contribution in [0.2, 0.25) is 0 Å². The highest BCUT2D eigenvalue weighted by atomic mass is 14.8. The Morgan fingerprint density at radius 2 is 1.84 bits per heavy atom. The summed E-state index contributed by atoms with van der Waals surface area (Å²) in [6, 6.07) is 10.9. The van der Waals surface area contributed by atoms with Crippen LogP contribution in [0.1, 0.15) is 61.6 Å². The summed E-state index contributed by atoms with van der Waals surface area (Å²) in [4.78, 5) is 4.73. The molecule has 1 aromatic carbocycles. The lowest BCUT2D eigenvalue weighted by Gasteiger charge is -2.17. The Morgan fingerprint density at radius 1 is 1.08 bits per heavy atom. The van der Waals surface area contributed by atoms with Crippen molar-refractivity contribution in [1.29, 1.82) is 0 Å².